The highest BCUT2D eigenvalue weighted by Crippen LogP contribution is 2.21. The van der Waals surface area contributed by atoms with Gasteiger partial charge in [0, 0.05) is 3.57 Å². The number of hydrogen-bond acceptors (Lipinski definition) is 3. The van der Waals surface area contributed by atoms with Crippen molar-refractivity contribution in [3.05, 3.63) is 50.3 Å². The summed E-state index contributed by atoms with van der Waals surface area (Å²) in [6.07, 6.45) is 0. The molecule has 0 saturated carbocycles. The Balaban J connectivity index is 2.33. The van der Waals surface area contributed by atoms with Gasteiger partial charge >= 0.3 is 0 Å². The molecule has 0 saturated heterocycles. The van der Waals surface area contributed by atoms with Crippen LogP contribution < -0.4 is 4.72 Å². The van der Waals surface area contributed by atoms with Gasteiger partial charge in [-0.2, -0.15) is 0 Å². The van der Waals surface area contributed by atoms with Crippen molar-refractivity contribution in [3.8, 4) is 0 Å². The van der Waals surface area contributed by atoms with Crippen LogP contribution in [0.4, 0.5) is 5.69 Å². The molecule has 0 atom stereocenters. The lowest BCUT2D eigenvalue weighted by molar-refractivity contribution is 0.601. The summed E-state index contributed by atoms with van der Waals surface area (Å²) in [5.74, 6) is 0. The van der Waals surface area contributed by atoms with E-state index in [2.05, 4.69) is 48.2 Å². The maximum atomic E-state index is 12.2. The molecule has 1 aromatic heterocycles. The first-order valence-electron chi connectivity index (χ1n) is 5.30. The fraction of sp³-hybridized carbons (Fsp3) is 0.0833. The van der Waals surface area contributed by atoms with Gasteiger partial charge in [0.15, 0.2) is 0 Å². The molecule has 0 aliphatic rings. The predicted octanol–water partition coefficient (Wildman–Crippen LogP) is 3.56. The molecule has 0 aliphatic heterocycles. The summed E-state index contributed by atoms with van der Waals surface area (Å²) in [5, 5.41) is 0. The highest BCUT2D eigenvalue weighted by atomic mass is 127. The second kappa shape index (κ2) is 5.76. The normalized spacial score (nSPS) is 11.3. The van der Waals surface area contributed by atoms with Gasteiger partial charge in [0.05, 0.1) is 16.3 Å². The second-order valence-electron chi connectivity index (χ2n) is 3.83. The molecule has 19 heavy (non-hydrogen) atoms. The smallest absolute Gasteiger partial charge is 0.261 e. The Morgan fingerprint density at radius 2 is 1.79 bits per heavy atom. The van der Waals surface area contributed by atoms with Crippen molar-refractivity contribution in [1.82, 2.24) is 4.98 Å². The largest absolute Gasteiger partial charge is 0.278 e. The first-order valence-corrected chi connectivity index (χ1v) is 8.65. The van der Waals surface area contributed by atoms with Crippen molar-refractivity contribution in [2.45, 2.75) is 11.8 Å². The third-order valence-electron chi connectivity index (χ3n) is 2.42. The lowest BCUT2D eigenvalue weighted by Crippen LogP contribution is -2.14. The van der Waals surface area contributed by atoms with Crippen LogP contribution in [0, 0.1) is 10.5 Å². The van der Waals surface area contributed by atoms with E-state index in [9.17, 15) is 8.42 Å². The SMILES string of the molecule is Cc1nc(Br)ccc1NS(=O)(=O)c1ccc(I)cc1. The van der Waals surface area contributed by atoms with Gasteiger partial charge in [-0.15, -0.1) is 0 Å². The van der Waals surface area contributed by atoms with E-state index in [0.717, 1.165) is 3.57 Å². The number of pyridine rings is 1. The van der Waals surface area contributed by atoms with Gasteiger partial charge < -0.3 is 0 Å². The Kier molecular flexibility index (Phi) is 4.46. The molecular formula is C12H10BrIN2O2S. The zero-order valence-corrected chi connectivity index (χ0v) is 14.5. The third-order valence-corrected chi connectivity index (χ3v) is 4.96. The zero-order valence-electron chi connectivity index (χ0n) is 9.89. The molecule has 0 aliphatic carbocycles. The Morgan fingerprint density at radius 1 is 1.16 bits per heavy atom. The summed E-state index contributed by atoms with van der Waals surface area (Å²) in [6, 6.07) is 10.0. The number of nitrogens with one attached hydrogen (secondary N) is 1. The van der Waals surface area contributed by atoms with E-state index in [1.807, 2.05) is 0 Å². The molecule has 2 rings (SSSR count). The molecule has 0 unspecified atom stereocenters. The molecule has 1 N–H and O–H groups in total. The first kappa shape index (κ1) is 14.7. The number of aryl methyl sites for hydroxylation is 1. The van der Waals surface area contributed by atoms with Crippen molar-refractivity contribution >= 4 is 54.2 Å². The highest BCUT2D eigenvalue weighted by Gasteiger charge is 2.15. The Hall–Kier alpha value is -0.670. The number of nitrogens with zero attached hydrogens (tertiary/aromatic N) is 1. The number of aromatic nitrogens is 1. The summed E-state index contributed by atoms with van der Waals surface area (Å²) >= 11 is 5.37. The Bertz CT molecular complexity index is 702. The fourth-order valence-electron chi connectivity index (χ4n) is 1.46. The van der Waals surface area contributed by atoms with Crippen LogP contribution >= 0.6 is 38.5 Å². The van der Waals surface area contributed by atoms with E-state index < -0.39 is 10.0 Å². The summed E-state index contributed by atoms with van der Waals surface area (Å²) in [6.45, 7) is 1.75. The van der Waals surface area contributed by atoms with Gasteiger partial charge in [-0.3, -0.25) is 4.72 Å². The topological polar surface area (TPSA) is 59.1 Å². The van der Waals surface area contributed by atoms with Gasteiger partial charge in [0.1, 0.15) is 4.60 Å². The highest BCUT2D eigenvalue weighted by molar-refractivity contribution is 14.1. The van der Waals surface area contributed by atoms with Gasteiger partial charge in [0.2, 0.25) is 0 Å². The lowest BCUT2D eigenvalue weighted by atomic mass is 10.3. The summed E-state index contributed by atoms with van der Waals surface area (Å²) in [4.78, 5) is 4.39. The van der Waals surface area contributed by atoms with Crippen LogP contribution in [-0.4, -0.2) is 13.4 Å². The van der Waals surface area contributed by atoms with Gasteiger partial charge in [-0.1, -0.05) is 0 Å². The second-order valence-corrected chi connectivity index (χ2v) is 7.57. The average Bonchev–Trinajstić information content (AvgIpc) is 2.33. The van der Waals surface area contributed by atoms with E-state index in [-0.39, 0.29) is 4.90 Å². The van der Waals surface area contributed by atoms with Crippen LogP contribution in [0.2, 0.25) is 0 Å². The summed E-state index contributed by atoms with van der Waals surface area (Å²) in [7, 11) is -3.57. The molecule has 1 heterocycles. The van der Waals surface area contributed by atoms with Crippen LogP contribution in [0.5, 0.6) is 0 Å². The minimum Gasteiger partial charge on any atom is -0.278 e. The number of benzene rings is 1. The predicted molar refractivity (Wildman–Crippen MR) is 86.6 cm³/mol. The molecular weight excluding hydrogens is 443 g/mol. The van der Waals surface area contributed by atoms with E-state index in [4.69, 9.17) is 0 Å². The van der Waals surface area contributed by atoms with Crippen LogP contribution in [0.15, 0.2) is 45.9 Å². The van der Waals surface area contributed by atoms with Crippen LogP contribution in [0.25, 0.3) is 0 Å². The third kappa shape index (κ3) is 3.67. The lowest BCUT2D eigenvalue weighted by Gasteiger charge is -2.10. The molecule has 0 spiro atoms. The average molecular weight is 453 g/mol. The molecule has 1 aromatic carbocycles. The van der Waals surface area contributed by atoms with Crippen molar-refractivity contribution in [2.24, 2.45) is 0 Å². The number of anilines is 1. The standard InChI is InChI=1S/C12H10BrIN2O2S/c1-8-11(6-7-12(13)15-8)16-19(17,18)10-4-2-9(14)3-5-10/h2-7,16H,1H3. The fourth-order valence-corrected chi connectivity index (χ4v) is 3.33. The minimum absolute atomic E-state index is 0.232. The van der Waals surface area contributed by atoms with Gasteiger partial charge in [0.25, 0.3) is 10.0 Å². The van der Waals surface area contributed by atoms with Crippen molar-refractivity contribution in [3.63, 3.8) is 0 Å². The van der Waals surface area contributed by atoms with E-state index in [0.29, 0.717) is 16.0 Å². The molecule has 100 valence electrons. The Morgan fingerprint density at radius 3 is 2.37 bits per heavy atom. The molecule has 0 amide bonds. The number of hydrogen-bond donors (Lipinski definition) is 1. The van der Waals surface area contributed by atoms with Crippen molar-refractivity contribution < 1.29 is 8.42 Å². The molecule has 0 radical (unpaired) electrons. The number of sulfonamides is 1. The van der Waals surface area contributed by atoms with E-state index >= 15 is 0 Å². The van der Waals surface area contributed by atoms with Gasteiger partial charge in [-0.25, -0.2) is 13.4 Å². The first-order chi connectivity index (χ1) is 8.88. The van der Waals surface area contributed by atoms with E-state index in [1.165, 1.54) is 0 Å². The van der Waals surface area contributed by atoms with Crippen molar-refractivity contribution in [2.75, 3.05) is 4.72 Å². The van der Waals surface area contributed by atoms with Crippen LogP contribution in [-0.2, 0) is 10.0 Å². The number of halogens is 2. The van der Waals surface area contributed by atoms with E-state index in [1.54, 1.807) is 43.3 Å². The van der Waals surface area contributed by atoms with Gasteiger partial charge in [-0.05, 0) is 81.8 Å². The molecule has 4 nitrogen and oxygen atoms in total. The molecule has 0 fully saturated rings. The minimum atomic E-state index is -3.57. The number of rotatable bonds is 3. The summed E-state index contributed by atoms with van der Waals surface area (Å²) < 4.78 is 28.6. The van der Waals surface area contributed by atoms with Crippen LogP contribution in [0.3, 0.4) is 0 Å². The van der Waals surface area contributed by atoms with Crippen molar-refractivity contribution in [1.29, 1.82) is 0 Å². The summed E-state index contributed by atoms with van der Waals surface area (Å²) in [5.41, 5.74) is 1.09. The molecule has 2 aromatic rings. The quantitative estimate of drug-likeness (QED) is 0.572. The maximum Gasteiger partial charge on any atom is 0.261 e. The maximum absolute atomic E-state index is 12.2. The zero-order chi connectivity index (χ0) is 14.0. The monoisotopic (exact) mass is 452 g/mol. The molecule has 0 bridgehead atoms. The molecule has 7 heteroatoms. The van der Waals surface area contributed by atoms with Crippen LogP contribution in [0.1, 0.15) is 5.69 Å². The Labute approximate surface area is 134 Å².